The van der Waals surface area contributed by atoms with Gasteiger partial charge in [0.2, 0.25) is 5.91 Å². The van der Waals surface area contributed by atoms with E-state index in [-0.39, 0.29) is 18.9 Å². The van der Waals surface area contributed by atoms with E-state index in [1.54, 1.807) is 0 Å². The maximum Gasteiger partial charge on any atom is 0.264 e. The van der Waals surface area contributed by atoms with Gasteiger partial charge in [-0.25, -0.2) is 12.8 Å². The molecule has 112 valence electrons. The number of ether oxygens (including phenoxy) is 2. The molecule has 0 aliphatic rings. The topological polar surface area (TPSA) is 81.7 Å². The van der Waals surface area contributed by atoms with E-state index in [1.807, 2.05) is 0 Å². The first kappa shape index (κ1) is 16.8. The van der Waals surface area contributed by atoms with Gasteiger partial charge in [0.15, 0.2) is 0 Å². The summed E-state index contributed by atoms with van der Waals surface area (Å²) < 4.78 is 45.2. The second-order valence-corrected chi connectivity index (χ2v) is 6.21. The Balaban J connectivity index is 2.61. The lowest BCUT2D eigenvalue weighted by molar-refractivity contribution is -0.121. The molecule has 0 saturated carbocycles. The Morgan fingerprint density at radius 1 is 1.40 bits per heavy atom. The Kier molecular flexibility index (Phi) is 6.34. The summed E-state index contributed by atoms with van der Waals surface area (Å²) in [5.41, 5.74) is 0.104. The summed E-state index contributed by atoms with van der Waals surface area (Å²) in [6.07, 6.45) is 0. The van der Waals surface area contributed by atoms with Crippen LogP contribution in [0.5, 0.6) is 0 Å². The van der Waals surface area contributed by atoms with Crippen LogP contribution in [0.25, 0.3) is 0 Å². The first-order chi connectivity index (χ1) is 9.34. The van der Waals surface area contributed by atoms with E-state index >= 15 is 0 Å². The fraction of sp³-hybridized carbons (Fsp3) is 0.364. The molecule has 0 radical (unpaired) electrons. The van der Waals surface area contributed by atoms with Gasteiger partial charge in [-0.3, -0.25) is 4.79 Å². The lowest BCUT2D eigenvalue weighted by atomic mass is 10.3. The highest BCUT2D eigenvalue weighted by atomic mass is 35.7. The quantitative estimate of drug-likeness (QED) is 0.604. The van der Waals surface area contributed by atoms with Crippen molar-refractivity contribution in [2.75, 3.05) is 32.2 Å². The predicted octanol–water partition coefficient (Wildman–Crippen LogP) is 1.35. The summed E-state index contributed by atoms with van der Waals surface area (Å²) in [5.74, 6) is -1.54. The van der Waals surface area contributed by atoms with Crippen molar-refractivity contribution < 1.29 is 27.1 Å². The van der Waals surface area contributed by atoms with Crippen LogP contribution in [-0.4, -0.2) is 41.3 Å². The van der Waals surface area contributed by atoms with Gasteiger partial charge in [0.1, 0.15) is 17.3 Å². The summed E-state index contributed by atoms with van der Waals surface area (Å²) in [6.45, 7) is 0.381. The summed E-state index contributed by atoms with van der Waals surface area (Å²) in [7, 11) is 2.38. The molecular formula is C11H13ClFNO5S. The number of halogens is 2. The van der Waals surface area contributed by atoms with Crippen molar-refractivity contribution >= 4 is 31.3 Å². The van der Waals surface area contributed by atoms with E-state index in [1.165, 1.54) is 13.2 Å². The van der Waals surface area contributed by atoms with Crippen molar-refractivity contribution in [2.24, 2.45) is 0 Å². The number of methoxy groups -OCH3 is 1. The Hall–Kier alpha value is -1.22. The fourth-order valence-electron chi connectivity index (χ4n) is 1.28. The number of carbonyl (C=O) groups is 1. The zero-order chi connectivity index (χ0) is 15.2. The third-order valence-corrected chi connectivity index (χ3v) is 3.50. The molecule has 1 aromatic rings. The van der Waals surface area contributed by atoms with E-state index in [0.717, 1.165) is 12.1 Å². The highest BCUT2D eigenvalue weighted by molar-refractivity contribution is 8.13. The van der Waals surface area contributed by atoms with E-state index < -0.39 is 25.7 Å². The van der Waals surface area contributed by atoms with Crippen LogP contribution in [0.3, 0.4) is 0 Å². The van der Waals surface area contributed by atoms with Crippen molar-refractivity contribution in [2.45, 2.75) is 4.90 Å². The predicted molar refractivity (Wildman–Crippen MR) is 70.8 cm³/mol. The van der Waals surface area contributed by atoms with Crippen molar-refractivity contribution in [3.05, 3.63) is 24.0 Å². The number of nitrogens with one attached hydrogen (secondary N) is 1. The normalized spacial score (nSPS) is 11.3. The third kappa shape index (κ3) is 5.41. The van der Waals surface area contributed by atoms with Crippen molar-refractivity contribution in [1.82, 2.24) is 0 Å². The molecule has 0 aliphatic heterocycles. The first-order valence-corrected chi connectivity index (χ1v) is 7.76. The van der Waals surface area contributed by atoms with Gasteiger partial charge in [0.25, 0.3) is 9.05 Å². The Bertz CT molecular complexity index is 578. The second-order valence-electron chi connectivity index (χ2n) is 3.68. The largest absolute Gasteiger partial charge is 0.382 e. The molecule has 0 saturated heterocycles. The number of hydrogen-bond acceptors (Lipinski definition) is 5. The van der Waals surface area contributed by atoms with Gasteiger partial charge in [0, 0.05) is 23.5 Å². The van der Waals surface area contributed by atoms with Gasteiger partial charge in [-0.2, -0.15) is 0 Å². The van der Waals surface area contributed by atoms with E-state index in [2.05, 4.69) is 5.32 Å². The van der Waals surface area contributed by atoms with Crippen molar-refractivity contribution in [3.63, 3.8) is 0 Å². The number of hydrogen-bond donors (Lipinski definition) is 1. The van der Waals surface area contributed by atoms with Crippen LogP contribution < -0.4 is 5.32 Å². The van der Waals surface area contributed by atoms with Gasteiger partial charge in [-0.1, -0.05) is 0 Å². The minimum absolute atomic E-state index is 0.104. The van der Waals surface area contributed by atoms with E-state index in [4.69, 9.17) is 20.2 Å². The van der Waals surface area contributed by atoms with Crippen LogP contribution in [0.15, 0.2) is 23.1 Å². The average molecular weight is 326 g/mol. The van der Waals surface area contributed by atoms with Gasteiger partial charge < -0.3 is 14.8 Å². The molecule has 0 spiro atoms. The minimum Gasteiger partial charge on any atom is -0.382 e. The maximum atomic E-state index is 13.5. The van der Waals surface area contributed by atoms with Gasteiger partial charge in [-0.15, -0.1) is 0 Å². The molecule has 9 heteroatoms. The molecule has 1 rings (SSSR count). The van der Waals surface area contributed by atoms with Crippen LogP contribution in [-0.2, 0) is 23.3 Å². The Morgan fingerprint density at radius 2 is 2.10 bits per heavy atom. The molecule has 6 nitrogen and oxygen atoms in total. The third-order valence-electron chi connectivity index (χ3n) is 2.14. The molecule has 20 heavy (non-hydrogen) atoms. The zero-order valence-electron chi connectivity index (χ0n) is 10.6. The molecule has 0 unspecified atom stereocenters. The zero-order valence-corrected chi connectivity index (χ0v) is 12.1. The number of rotatable bonds is 7. The monoisotopic (exact) mass is 325 g/mol. The fourth-order valence-corrected chi connectivity index (χ4v) is 2.18. The molecule has 1 N–H and O–H groups in total. The minimum atomic E-state index is -4.15. The number of carbonyl (C=O) groups excluding carboxylic acids is 1. The Labute approximate surface area is 120 Å². The first-order valence-electron chi connectivity index (χ1n) is 5.45. The molecular weight excluding hydrogens is 313 g/mol. The SMILES string of the molecule is COCCOCC(=O)Nc1ccc(S(=O)(=O)Cl)c(F)c1. The van der Waals surface area contributed by atoms with E-state index in [9.17, 15) is 17.6 Å². The highest BCUT2D eigenvalue weighted by Gasteiger charge is 2.16. The maximum absolute atomic E-state index is 13.5. The van der Waals surface area contributed by atoms with Crippen LogP contribution in [0.4, 0.5) is 10.1 Å². The number of anilines is 1. The summed E-state index contributed by atoms with van der Waals surface area (Å²) in [5, 5.41) is 2.36. The summed E-state index contributed by atoms with van der Waals surface area (Å²) in [6, 6.07) is 3.06. The smallest absolute Gasteiger partial charge is 0.264 e. The van der Waals surface area contributed by atoms with Crippen molar-refractivity contribution in [1.29, 1.82) is 0 Å². The standard InChI is InChI=1S/C11H13ClFNO5S/c1-18-4-5-19-7-11(15)14-8-2-3-10(9(13)6-8)20(12,16)17/h2-3,6H,4-5,7H2,1H3,(H,14,15). The lowest BCUT2D eigenvalue weighted by Gasteiger charge is -2.07. The van der Waals surface area contributed by atoms with Gasteiger partial charge in [-0.05, 0) is 18.2 Å². The average Bonchev–Trinajstić information content (AvgIpc) is 2.33. The molecule has 0 bridgehead atoms. The van der Waals surface area contributed by atoms with E-state index in [0.29, 0.717) is 6.61 Å². The highest BCUT2D eigenvalue weighted by Crippen LogP contribution is 2.21. The van der Waals surface area contributed by atoms with Crippen molar-refractivity contribution in [3.8, 4) is 0 Å². The van der Waals surface area contributed by atoms with Crippen LogP contribution in [0.1, 0.15) is 0 Å². The molecule has 1 amide bonds. The van der Waals surface area contributed by atoms with Crippen LogP contribution in [0, 0.1) is 5.82 Å². The molecule has 0 aliphatic carbocycles. The molecule has 0 atom stereocenters. The number of benzene rings is 1. The lowest BCUT2D eigenvalue weighted by Crippen LogP contribution is -2.19. The van der Waals surface area contributed by atoms with Crippen LogP contribution >= 0.6 is 10.7 Å². The molecule has 0 heterocycles. The van der Waals surface area contributed by atoms with Gasteiger partial charge >= 0.3 is 0 Å². The molecule has 0 aromatic heterocycles. The number of amides is 1. The van der Waals surface area contributed by atoms with Gasteiger partial charge in [0.05, 0.1) is 13.2 Å². The van der Waals surface area contributed by atoms with Crippen LogP contribution in [0.2, 0.25) is 0 Å². The Morgan fingerprint density at radius 3 is 2.65 bits per heavy atom. The second kappa shape index (κ2) is 7.53. The molecule has 1 aromatic carbocycles. The summed E-state index contributed by atoms with van der Waals surface area (Å²) in [4.78, 5) is 10.8. The molecule has 0 fully saturated rings. The summed E-state index contributed by atoms with van der Waals surface area (Å²) >= 11 is 0.